The van der Waals surface area contributed by atoms with E-state index in [9.17, 15) is 8.42 Å². The van der Waals surface area contributed by atoms with Gasteiger partial charge in [0.05, 0.1) is 24.8 Å². The molecule has 1 aliphatic heterocycles. The fraction of sp³-hybridized carbons (Fsp3) is 0.444. The van der Waals surface area contributed by atoms with Crippen molar-refractivity contribution in [3.63, 3.8) is 0 Å². The minimum absolute atomic E-state index is 0.298. The Morgan fingerprint density at radius 1 is 1.50 bits per heavy atom. The van der Waals surface area contributed by atoms with Gasteiger partial charge in [0.1, 0.15) is 0 Å². The monoisotopic (exact) mass is 287 g/mol. The lowest BCUT2D eigenvalue weighted by atomic mass is 10.4. The zero-order chi connectivity index (χ0) is 13.0. The number of rotatable bonds is 5. The summed E-state index contributed by atoms with van der Waals surface area (Å²) in [6.07, 6.45) is 2.90. The molecule has 2 N–H and O–H groups in total. The molecule has 98 valence electrons. The number of nitrogens with zero attached hydrogens (tertiary/aromatic N) is 3. The molecule has 1 aliphatic rings. The van der Waals surface area contributed by atoms with E-state index in [1.54, 1.807) is 18.1 Å². The third-order valence-electron chi connectivity index (χ3n) is 2.24. The number of hydrogen-bond donors (Lipinski definition) is 2. The number of hydrogen-bond acceptors (Lipinski definition) is 5. The van der Waals surface area contributed by atoms with Crippen LogP contribution in [-0.2, 0) is 16.0 Å². The summed E-state index contributed by atoms with van der Waals surface area (Å²) in [5.41, 5.74) is 2.11. The molecule has 0 bridgehead atoms. The van der Waals surface area contributed by atoms with Gasteiger partial charge in [0.15, 0.2) is 5.84 Å². The highest BCUT2D eigenvalue weighted by molar-refractivity contribution is 7.98. The Morgan fingerprint density at radius 2 is 2.33 bits per heavy atom. The van der Waals surface area contributed by atoms with E-state index in [2.05, 4.69) is 24.1 Å². The van der Waals surface area contributed by atoms with Crippen molar-refractivity contribution < 1.29 is 8.42 Å². The summed E-state index contributed by atoms with van der Waals surface area (Å²) in [4.78, 5) is 11.3. The van der Waals surface area contributed by atoms with E-state index < -0.39 is 10.2 Å². The van der Waals surface area contributed by atoms with Gasteiger partial charge in [-0.2, -0.15) is 20.2 Å². The molecule has 0 unspecified atom stereocenters. The van der Waals surface area contributed by atoms with Gasteiger partial charge in [0, 0.05) is 17.2 Å². The van der Waals surface area contributed by atoms with E-state index in [0.717, 1.165) is 22.9 Å². The van der Waals surface area contributed by atoms with Crippen LogP contribution >= 0.6 is 11.8 Å². The maximum absolute atomic E-state index is 10.9. The molecule has 0 fully saturated rings. The van der Waals surface area contributed by atoms with Gasteiger partial charge in [0.25, 0.3) is 0 Å². The number of aryl methyl sites for hydroxylation is 1. The molecular weight excluding hydrogens is 274 g/mol. The zero-order valence-electron chi connectivity index (χ0n) is 9.75. The first-order valence-corrected chi connectivity index (χ1v) is 7.85. The molecule has 7 nitrogen and oxygen atoms in total. The number of amidine groups is 1. The molecule has 2 heterocycles. The Labute approximate surface area is 109 Å². The molecule has 0 saturated heterocycles. The highest BCUT2D eigenvalue weighted by atomic mass is 32.2. The molecule has 0 aromatic carbocycles. The maximum atomic E-state index is 10.9. The highest BCUT2D eigenvalue weighted by Crippen LogP contribution is 2.12. The number of imidazole rings is 1. The van der Waals surface area contributed by atoms with E-state index in [1.807, 2.05) is 6.92 Å². The van der Waals surface area contributed by atoms with Gasteiger partial charge in [-0.3, -0.25) is 4.99 Å². The minimum Gasteiger partial charge on any atom is -0.348 e. The zero-order valence-corrected chi connectivity index (χ0v) is 11.4. The summed E-state index contributed by atoms with van der Waals surface area (Å²) in [6.45, 7) is 2.52. The number of aliphatic imine (C=N–C) groups is 1. The fourth-order valence-electron chi connectivity index (χ4n) is 1.31. The summed E-state index contributed by atoms with van der Waals surface area (Å²) < 4.78 is 27.3. The second kappa shape index (κ2) is 5.53. The van der Waals surface area contributed by atoms with Crippen molar-refractivity contribution in [1.82, 2.24) is 14.7 Å². The van der Waals surface area contributed by atoms with Gasteiger partial charge in [0.2, 0.25) is 0 Å². The van der Waals surface area contributed by atoms with Crippen molar-refractivity contribution in [3.8, 4) is 0 Å². The van der Waals surface area contributed by atoms with Gasteiger partial charge in [-0.05, 0) is 6.92 Å². The summed E-state index contributed by atoms with van der Waals surface area (Å²) >= 11 is 1.70. The first-order chi connectivity index (χ1) is 8.57. The van der Waals surface area contributed by atoms with Crippen LogP contribution < -0.4 is 4.72 Å². The lowest BCUT2D eigenvalue weighted by Gasteiger charge is -1.98. The van der Waals surface area contributed by atoms with E-state index >= 15 is 0 Å². The largest absolute Gasteiger partial charge is 0.348 e. The van der Waals surface area contributed by atoms with Crippen molar-refractivity contribution in [2.75, 3.05) is 12.3 Å². The van der Waals surface area contributed by atoms with Crippen LogP contribution in [0.2, 0.25) is 0 Å². The molecule has 0 radical (unpaired) electrons. The van der Waals surface area contributed by atoms with Crippen molar-refractivity contribution in [2.24, 2.45) is 9.39 Å². The molecule has 0 saturated carbocycles. The average Bonchev–Trinajstić information content (AvgIpc) is 2.85. The number of H-pyrrole nitrogens is 1. The summed E-state index contributed by atoms with van der Waals surface area (Å²) in [5, 5.41) is 0. The Balaban J connectivity index is 1.70. The summed E-state index contributed by atoms with van der Waals surface area (Å²) in [6, 6.07) is 0. The number of aromatic amines is 1. The third-order valence-corrected chi connectivity index (χ3v) is 4.04. The van der Waals surface area contributed by atoms with Crippen LogP contribution in [0.3, 0.4) is 0 Å². The molecule has 0 spiro atoms. The Morgan fingerprint density at radius 3 is 2.94 bits per heavy atom. The van der Waals surface area contributed by atoms with Crippen LogP contribution in [0.4, 0.5) is 0 Å². The molecule has 9 heteroatoms. The van der Waals surface area contributed by atoms with Crippen molar-refractivity contribution in [1.29, 1.82) is 0 Å². The second-order valence-electron chi connectivity index (χ2n) is 3.61. The third kappa shape index (κ3) is 3.57. The topological polar surface area (TPSA) is 99.6 Å². The Hall–Kier alpha value is -1.35. The average molecular weight is 287 g/mol. The fourth-order valence-corrected chi connectivity index (χ4v) is 2.83. The van der Waals surface area contributed by atoms with Crippen molar-refractivity contribution in [2.45, 2.75) is 12.7 Å². The standard InChI is InChI=1S/C9H13N5O2S2/c1-7-8(12-6-11-7)5-17-3-2-10-9-4-13-18(15,16)14-9/h4,6H,2-3,5H2,1H3,(H,10,14)(H,11,12). The first kappa shape index (κ1) is 13.1. The van der Waals surface area contributed by atoms with Crippen LogP contribution in [0.5, 0.6) is 0 Å². The van der Waals surface area contributed by atoms with E-state index in [0.29, 0.717) is 12.4 Å². The lowest BCUT2D eigenvalue weighted by molar-refractivity contribution is 0.596. The molecule has 1 aromatic heterocycles. The summed E-state index contributed by atoms with van der Waals surface area (Å²) in [5.74, 6) is 1.91. The number of nitrogens with one attached hydrogen (secondary N) is 2. The van der Waals surface area contributed by atoms with Gasteiger partial charge < -0.3 is 4.98 Å². The Bertz CT molecular complexity index is 576. The SMILES string of the molecule is Cc1[nH]cnc1CSCCN=C1C=NS(=O)(=O)N1. The quantitative estimate of drug-likeness (QED) is 0.759. The smallest absolute Gasteiger partial charge is 0.343 e. The second-order valence-corrected chi connectivity index (χ2v) is 6.08. The van der Waals surface area contributed by atoms with Crippen LogP contribution in [0.25, 0.3) is 0 Å². The predicted octanol–water partition coefficient (Wildman–Crippen LogP) is 0.269. The molecule has 18 heavy (non-hydrogen) atoms. The van der Waals surface area contributed by atoms with E-state index in [4.69, 9.17) is 0 Å². The molecule has 2 rings (SSSR count). The summed E-state index contributed by atoms with van der Waals surface area (Å²) in [7, 11) is -3.51. The van der Waals surface area contributed by atoms with E-state index in [-0.39, 0.29) is 0 Å². The van der Waals surface area contributed by atoms with Crippen molar-refractivity contribution in [3.05, 3.63) is 17.7 Å². The molecule has 0 atom stereocenters. The molecule has 0 aliphatic carbocycles. The molecule has 1 aromatic rings. The van der Waals surface area contributed by atoms with Gasteiger partial charge in [-0.1, -0.05) is 0 Å². The molecule has 0 amide bonds. The van der Waals surface area contributed by atoms with Crippen molar-refractivity contribution >= 4 is 34.0 Å². The number of aromatic nitrogens is 2. The first-order valence-electron chi connectivity index (χ1n) is 5.26. The van der Waals surface area contributed by atoms with Crippen LogP contribution in [0, 0.1) is 6.92 Å². The van der Waals surface area contributed by atoms with Crippen LogP contribution in [0.1, 0.15) is 11.4 Å². The van der Waals surface area contributed by atoms with Crippen LogP contribution in [0.15, 0.2) is 15.7 Å². The van der Waals surface area contributed by atoms with Gasteiger partial charge >= 0.3 is 10.2 Å². The molecular formula is C9H13N5O2S2. The lowest BCUT2D eigenvalue weighted by Crippen LogP contribution is -2.23. The highest BCUT2D eigenvalue weighted by Gasteiger charge is 2.15. The predicted molar refractivity (Wildman–Crippen MR) is 72.3 cm³/mol. The normalized spacial score (nSPS) is 19.3. The Kier molecular flexibility index (Phi) is 4.02. The number of thioether (sulfide) groups is 1. The maximum Gasteiger partial charge on any atom is 0.343 e. The van der Waals surface area contributed by atoms with Crippen LogP contribution in [-0.4, -0.2) is 42.7 Å². The van der Waals surface area contributed by atoms with Gasteiger partial charge in [-0.15, -0.1) is 4.40 Å². The van der Waals surface area contributed by atoms with E-state index in [1.165, 1.54) is 6.21 Å². The minimum atomic E-state index is -3.51. The van der Waals surface area contributed by atoms with Gasteiger partial charge in [-0.25, -0.2) is 9.71 Å².